The molecule has 0 radical (unpaired) electrons. The van der Waals surface area contributed by atoms with E-state index in [1.165, 1.54) is 49.1 Å². The summed E-state index contributed by atoms with van der Waals surface area (Å²) < 4.78 is 0. The van der Waals surface area contributed by atoms with Crippen molar-refractivity contribution < 1.29 is 0 Å². The van der Waals surface area contributed by atoms with Gasteiger partial charge >= 0.3 is 0 Å². The van der Waals surface area contributed by atoms with E-state index in [1.54, 1.807) is 33.4 Å². The first kappa shape index (κ1) is 41.7. The summed E-state index contributed by atoms with van der Waals surface area (Å²) in [6, 6.07) is 10.7. The summed E-state index contributed by atoms with van der Waals surface area (Å²) in [5.74, 6) is 0. The zero-order valence-corrected chi connectivity index (χ0v) is 37.4. The summed E-state index contributed by atoms with van der Waals surface area (Å²) in [5, 5.41) is 1.44. The van der Waals surface area contributed by atoms with Crippen molar-refractivity contribution in [2.45, 2.75) is 207 Å². The fraction of sp³-hybridized carbons (Fsp3) is 0.739. The lowest BCUT2D eigenvalue weighted by Gasteiger charge is -2.58. The Bertz CT molecular complexity index is 1210. The Morgan fingerprint density at radius 2 is 0.625 bits per heavy atom. The molecule has 0 aromatic heterocycles. The van der Waals surface area contributed by atoms with Crippen molar-refractivity contribution in [1.82, 2.24) is 0 Å². The molecule has 0 aliphatic carbocycles. The molecule has 1 aliphatic heterocycles. The van der Waals surface area contributed by atoms with Gasteiger partial charge in [-0.25, -0.2) is 0 Å². The molecule has 2 aromatic rings. The van der Waals surface area contributed by atoms with Gasteiger partial charge in [-0.3, -0.25) is 0 Å². The standard InChI is InChI=1S/C46H78P2/c1-21-23-25-47-39(37-33(43(9,10)11)27-31(41(3,4)5)28-34(37)44(12,13)14)48(26-24-22-2)40(47)38-35(45(15,16)17)29-32(42(6,7)8)30-36(38)46(18,19)20/h27-30,39-40H,21-26H2,1-20H3. The fourth-order valence-corrected chi connectivity index (χ4v) is 18.0. The maximum absolute atomic E-state index is 2.66. The Morgan fingerprint density at radius 1 is 0.396 bits per heavy atom. The highest BCUT2D eigenvalue weighted by molar-refractivity contribution is 7.91. The number of benzene rings is 2. The van der Waals surface area contributed by atoms with E-state index in [4.69, 9.17) is 0 Å². The van der Waals surface area contributed by atoms with Gasteiger partial charge < -0.3 is 0 Å². The van der Waals surface area contributed by atoms with Gasteiger partial charge in [0.05, 0.1) is 0 Å². The van der Waals surface area contributed by atoms with Crippen molar-refractivity contribution in [3.05, 3.63) is 68.8 Å². The second kappa shape index (κ2) is 14.4. The molecule has 0 bridgehead atoms. The first-order valence-corrected chi connectivity index (χ1v) is 22.8. The van der Waals surface area contributed by atoms with Crippen LogP contribution in [0.1, 0.15) is 219 Å². The molecular weight excluding hydrogens is 614 g/mol. The van der Waals surface area contributed by atoms with Crippen molar-refractivity contribution in [3.63, 3.8) is 0 Å². The average molecular weight is 693 g/mol. The summed E-state index contributed by atoms with van der Waals surface area (Å²) in [5.41, 5.74) is 13.8. The molecule has 2 aromatic carbocycles. The lowest BCUT2D eigenvalue weighted by atomic mass is 9.72. The topological polar surface area (TPSA) is 0 Å². The molecule has 0 atom stereocenters. The molecule has 0 spiro atoms. The number of hydrogen-bond acceptors (Lipinski definition) is 0. The molecule has 1 fully saturated rings. The van der Waals surface area contributed by atoms with Crippen molar-refractivity contribution in [1.29, 1.82) is 0 Å². The van der Waals surface area contributed by atoms with Crippen LogP contribution in [0.3, 0.4) is 0 Å². The lowest BCUT2D eigenvalue weighted by molar-refractivity contribution is 0.538. The van der Waals surface area contributed by atoms with Gasteiger partial charge in [-0.2, -0.15) is 0 Å². The quantitative estimate of drug-likeness (QED) is 0.242. The monoisotopic (exact) mass is 693 g/mol. The van der Waals surface area contributed by atoms with E-state index >= 15 is 0 Å². The van der Waals surface area contributed by atoms with Crippen LogP contribution < -0.4 is 0 Å². The molecule has 3 rings (SSSR count). The van der Waals surface area contributed by atoms with E-state index in [9.17, 15) is 0 Å². The van der Waals surface area contributed by atoms with Crippen LogP contribution in [0.25, 0.3) is 0 Å². The summed E-state index contributed by atoms with van der Waals surface area (Å²) in [7, 11) is -0.478. The van der Waals surface area contributed by atoms with E-state index in [2.05, 4.69) is 163 Å². The van der Waals surface area contributed by atoms with Crippen LogP contribution in [0.5, 0.6) is 0 Å². The highest BCUT2D eigenvalue weighted by Crippen LogP contribution is 2.95. The lowest BCUT2D eigenvalue weighted by Crippen LogP contribution is -2.31. The molecule has 1 heterocycles. The fourth-order valence-electron chi connectivity index (χ4n) is 7.62. The molecule has 0 N–H and O–H groups in total. The molecule has 1 aliphatic rings. The Kier molecular flexibility index (Phi) is 12.5. The maximum atomic E-state index is 2.66. The Balaban J connectivity index is 2.55. The van der Waals surface area contributed by atoms with Gasteiger partial charge in [0.25, 0.3) is 0 Å². The van der Waals surface area contributed by atoms with Crippen LogP contribution in [0, 0.1) is 0 Å². The minimum absolute atomic E-state index is 0.0979. The normalized spacial score (nSPS) is 21.4. The summed E-state index contributed by atoms with van der Waals surface area (Å²) in [6.45, 7) is 49.2. The summed E-state index contributed by atoms with van der Waals surface area (Å²) >= 11 is 0. The maximum Gasteiger partial charge on any atom is 0.0266 e. The van der Waals surface area contributed by atoms with Gasteiger partial charge in [0.1, 0.15) is 0 Å². The Morgan fingerprint density at radius 3 is 0.792 bits per heavy atom. The van der Waals surface area contributed by atoms with Crippen LogP contribution >= 0.6 is 15.8 Å². The van der Waals surface area contributed by atoms with E-state index in [-0.39, 0.29) is 48.3 Å². The second-order valence-electron chi connectivity index (χ2n) is 21.4. The molecular formula is C46H78P2. The summed E-state index contributed by atoms with van der Waals surface area (Å²) in [6.07, 6.45) is 8.06. The summed E-state index contributed by atoms with van der Waals surface area (Å²) in [4.78, 5) is 0. The van der Waals surface area contributed by atoms with Crippen LogP contribution in [-0.2, 0) is 32.5 Å². The van der Waals surface area contributed by atoms with E-state index in [1.807, 2.05) is 0 Å². The minimum Gasteiger partial charge on any atom is -0.0823 e. The van der Waals surface area contributed by atoms with Crippen molar-refractivity contribution in [2.75, 3.05) is 12.3 Å². The first-order chi connectivity index (χ1) is 21.6. The molecule has 0 saturated carbocycles. The predicted molar refractivity (Wildman–Crippen MR) is 224 cm³/mol. The van der Waals surface area contributed by atoms with Gasteiger partial charge in [-0.1, -0.05) is 191 Å². The van der Waals surface area contributed by atoms with Crippen molar-refractivity contribution >= 4 is 15.8 Å². The second-order valence-corrected chi connectivity index (χ2v) is 27.2. The van der Waals surface area contributed by atoms with Gasteiger partial charge in [0.2, 0.25) is 0 Å². The van der Waals surface area contributed by atoms with Crippen LogP contribution in [0.4, 0.5) is 0 Å². The average Bonchev–Trinajstić information content (AvgIpc) is 2.88. The largest absolute Gasteiger partial charge is 0.0823 e. The third-order valence-electron chi connectivity index (χ3n) is 10.6. The number of hydrogen-bond donors (Lipinski definition) is 0. The smallest absolute Gasteiger partial charge is 0.0266 e. The van der Waals surface area contributed by atoms with E-state index < -0.39 is 0 Å². The Hall–Kier alpha value is -0.700. The van der Waals surface area contributed by atoms with Gasteiger partial charge in [0, 0.05) is 10.8 Å². The highest BCUT2D eigenvalue weighted by atomic mass is 31.2. The third kappa shape index (κ3) is 9.02. The molecule has 272 valence electrons. The first-order valence-electron chi connectivity index (χ1n) is 19.5. The number of rotatable bonds is 8. The third-order valence-corrected chi connectivity index (χ3v) is 19.4. The predicted octanol–water partition coefficient (Wildman–Crippen LogP) is 15.7. The zero-order chi connectivity index (χ0) is 37.0. The SMILES string of the molecule is CCCCP1C(c2c(C(C)(C)C)cc(C(C)(C)C)cc2C(C)(C)C)P(CCCC)C1c1c(C(C)(C)C)cc(C(C)(C)C)cc1C(C)(C)C. The van der Waals surface area contributed by atoms with Crippen LogP contribution in [0.15, 0.2) is 24.3 Å². The Labute approximate surface area is 303 Å². The molecule has 48 heavy (non-hydrogen) atoms. The minimum atomic E-state index is -0.239. The molecule has 0 amide bonds. The molecule has 0 unspecified atom stereocenters. The van der Waals surface area contributed by atoms with Crippen LogP contribution in [0.2, 0.25) is 0 Å². The highest BCUT2D eigenvalue weighted by Gasteiger charge is 2.54. The molecule has 2 heteroatoms. The zero-order valence-electron chi connectivity index (χ0n) is 35.6. The van der Waals surface area contributed by atoms with Gasteiger partial charge in [-0.05, 0) is 102 Å². The van der Waals surface area contributed by atoms with Gasteiger partial charge in [-0.15, -0.1) is 0 Å². The van der Waals surface area contributed by atoms with Crippen molar-refractivity contribution in [2.24, 2.45) is 0 Å². The van der Waals surface area contributed by atoms with E-state index in [0.29, 0.717) is 0 Å². The van der Waals surface area contributed by atoms with Crippen molar-refractivity contribution in [3.8, 4) is 0 Å². The molecule has 0 nitrogen and oxygen atoms in total. The van der Waals surface area contributed by atoms with Crippen LogP contribution in [-0.4, -0.2) is 12.3 Å². The van der Waals surface area contributed by atoms with E-state index in [0.717, 1.165) is 10.8 Å². The number of unbranched alkanes of at least 4 members (excludes halogenated alkanes) is 2. The molecule has 1 saturated heterocycles. The van der Waals surface area contributed by atoms with Gasteiger partial charge in [0.15, 0.2) is 0 Å².